The molecule has 0 aromatic heterocycles. The van der Waals surface area contributed by atoms with Crippen LogP contribution < -0.4 is 5.73 Å². The third kappa shape index (κ3) is 4.11. The number of amides is 1. The second kappa shape index (κ2) is 6.24. The van der Waals surface area contributed by atoms with Crippen LogP contribution in [-0.4, -0.2) is 29.7 Å². The molecule has 1 fully saturated rings. The molecule has 5 heteroatoms. The normalized spacial score (nSPS) is 20.4. The highest BCUT2D eigenvalue weighted by atomic mass is 35.5. The molecule has 0 radical (unpaired) electrons. The second-order valence-corrected chi connectivity index (χ2v) is 6.93. The third-order valence-corrected chi connectivity index (χ3v) is 3.99. The summed E-state index contributed by atoms with van der Waals surface area (Å²) in [5, 5.41) is 0.681. The van der Waals surface area contributed by atoms with Gasteiger partial charge in [-0.1, -0.05) is 29.8 Å². The molecule has 0 aliphatic carbocycles. The lowest BCUT2D eigenvalue weighted by atomic mass is 9.93. The van der Waals surface area contributed by atoms with E-state index in [1.165, 1.54) is 0 Å². The predicted molar refractivity (Wildman–Crippen MR) is 84.3 cm³/mol. The maximum absolute atomic E-state index is 12.1. The van der Waals surface area contributed by atoms with E-state index in [1.54, 1.807) is 4.90 Å². The van der Waals surface area contributed by atoms with E-state index in [9.17, 15) is 4.79 Å². The minimum Gasteiger partial charge on any atom is -0.444 e. The van der Waals surface area contributed by atoms with Crippen LogP contribution in [-0.2, 0) is 4.74 Å². The number of hydrogen-bond acceptors (Lipinski definition) is 3. The lowest BCUT2D eigenvalue weighted by molar-refractivity contribution is 0.0286. The summed E-state index contributed by atoms with van der Waals surface area (Å²) >= 11 is 6.20. The summed E-state index contributed by atoms with van der Waals surface area (Å²) in [6, 6.07) is 7.45. The van der Waals surface area contributed by atoms with Gasteiger partial charge in [-0.2, -0.15) is 0 Å². The van der Waals surface area contributed by atoms with E-state index in [2.05, 4.69) is 0 Å². The summed E-state index contributed by atoms with van der Waals surface area (Å²) in [6.45, 7) is 6.90. The SMILES string of the molecule is CC(C)(C)OC(=O)N1CCC(C(N)c2ccccc2Cl)C1. The molecule has 4 nitrogen and oxygen atoms in total. The van der Waals surface area contributed by atoms with Crippen molar-refractivity contribution in [3.63, 3.8) is 0 Å². The molecule has 2 rings (SSSR count). The zero-order valence-corrected chi connectivity index (χ0v) is 13.6. The Kier molecular flexibility index (Phi) is 4.79. The van der Waals surface area contributed by atoms with Gasteiger partial charge in [0.05, 0.1) is 0 Å². The predicted octanol–water partition coefficient (Wildman–Crippen LogP) is 3.60. The number of halogens is 1. The molecule has 1 saturated heterocycles. The minimum atomic E-state index is -0.472. The fourth-order valence-electron chi connectivity index (χ4n) is 2.57. The highest BCUT2D eigenvalue weighted by molar-refractivity contribution is 6.31. The zero-order chi connectivity index (χ0) is 15.6. The van der Waals surface area contributed by atoms with E-state index in [0.717, 1.165) is 12.0 Å². The number of benzene rings is 1. The van der Waals surface area contributed by atoms with E-state index in [-0.39, 0.29) is 18.1 Å². The molecule has 1 amide bonds. The van der Waals surface area contributed by atoms with Crippen molar-refractivity contribution in [3.8, 4) is 0 Å². The Labute approximate surface area is 131 Å². The minimum absolute atomic E-state index is 0.161. The van der Waals surface area contributed by atoms with Crippen LogP contribution in [0.25, 0.3) is 0 Å². The van der Waals surface area contributed by atoms with E-state index in [4.69, 9.17) is 22.1 Å². The first-order valence-electron chi connectivity index (χ1n) is 7.26. The molecule has 0 bridgehead atoms. The number of likely N-dealkylation sites (tertiary alicyclic amines) is 1. The van der Waals surface area contributed by atoms with Gasteiger partial charge in [0.2, 0.25) is 0 Å². The first-order chi connectivity index (χ1) is 9.78. The topological polar surface area (TPSA) is 55.6 Å². The van der Waals surface area contributed by atoms with Crippen LogP contribution in [0, 0.1) is 5.92 Å². The molecule has 0 spiro atoms. The van der Waals surface area contributed by atoms with Gasteiger partial charge in [0.1, 0.15) is 5.60 Å². The van der Waals surface area contributed by atoms with Crippen molar-refractivity contribution in [1.82, 2.24) is 4.90 Å². The number of rotatable bonds is 2. The lowest BCUT2D eigenvalue weighted by Gasteiger charge is -2.25. The van der Waals surface area contributed by atoms with Crippen molar-refractivity contribution in [1.29, 1.82) is 0 Å². The molecule has 1 aliphatic rings. The highest BCUT2D eigenvalue weighted by Gasteiger charge is 2.33. The average molecular weight is 311 g/mol. The Hall–Kier alpha value is -1.26. The van der Waals surface area contributed by atoms with E-state index >= 15 is 0 Å². The van der Waals surface area contributed by atoms with Gasteiger partial charge in [-0.05, 0) is 44.7 Å². The molecule has 1 aliphatic heterocycles. The van der Waals surface area contributed by atoms with Crippen LogP contribution in [0.1, 0.15) is 38.8 Å². The van der Waals surface area contributed by atoms with Gasteiger partial charge in [-0.25, -0.2) is 4.79 Å². The van der Waals surface area contributed by atoms with Gasteiger partial charge >= 0.3 is 6.09 Å². The van der Waals surface area contributed by atoms with Gasteiger partial charge in [-0.3, -0.25) is 0 Å². The molecule has 21 heavy (non-hydrogen) atoms. The molecule has 116 valence electrons. The number of carbonyl (C=O) groups is 1. The Morgan fingerprint density at radius 3 is 2.71 bits per heavy atom. The van der Waals surface area contributed by atoms with Crippen molar-refractivity contribution < 1.29 is 9.53 Å². The summed E-state index contributed by atoms with van der Waals surface area (Å²) in [5.41, 5.74) is 6.80. The monoisotopic (exact) mass is 310 g/mol. The van der Waals surface area contributed by atoms with Crippen molar-refractivity contribution in [2.75, 3.05) is 13.1 Å². The van der Waals surface area contributed by atoms with Gasteiger partial charge in [0.25, 0.3) is 0 Å². The van der Waals surface area contributed by atoms with Crippen LogP contribution in [0.4, 0.5) is 4.79 Å². The van der Waals surface area contributed by atoms with Crippen LogP contribution in [0.15, 0.2) is 24.3 Å². The number of nitrogens with two attached hydrogens (primary N) is 1. The highest BCUT2D eigenvalue weighted by Crippen LogP contribution is 2.32. The van der Waals surface area contributed by atoms with E-state index < -0.39 is 5.60 Å². The quantitative estimate of drug-likeness (QED) is 0.908. The van der Waals surface area contributed by atoms with E-state index in [0.29, 0.717) is 18.1 Å². The summed E-state index contributed by atoms with van der Waals surface area (Å²) < 4.78 is 5.40. The molecule has 2 N–H and O–H groups in total. The van der Waals surface area contributed by atoms with E-state index in [1.807, 2.05) is 45.0 Å². The Bertz CT molecular complexity index is 513. The molecule has 2 atom stereocenters. The summed E-state index contributed by atoms with van der Waals surface area (Å²) in [4.78, 5) is 13.8. The Balaban J connectivity index is 1.99. The Morgan fingerprint density at radius 2 is 2.10 bits per heavy atom. The summed E-state index contributed by atoms with van der Waals surface area (Å²) in [5.74, 6) is 0.206. The molecular formula is C16H23ClN2O2. The fraction of sp³-hybridized carbons (Fsp3) is 0.562. The van der Waals surface area contributed by atoms with Crippen LogP contribution in [0.5, 0.6) is 0 Å². The largest absolute Gasteiger partial charge is 0.444 e. The maximum Gasteiger partial charge on any atom is 0.410 e. The lowest BCUT2D eigenvalue weighted by Crippen LogP contribution is -2.36. The number of hydrogen-bond donors (Lipinski definition) is 1. The zero-order valence-electron chi connectivity index (χ0n) is 12.8. The van der Waals surface area contributed by atoms with Crippen LogP contribution in [0.3, 0.4) is 0 Å². The van der Waals surface area contributed by atoms with Gasteiger partial charge in [-0.15, -0.1) is 0 Å². The fourth-order valence-corrected chi connectivity index (χ4v) is 2.83. The molecule has 0 saturated carbocycles. The number of nitrogens with zero attached hydrogens (tertiary/aromatic N) is 1. The second-order valence-electron chi connectivity index (χ2n) is 6.52. The summed E-state index contributed by atoms with van der Waals surface area (Å²) in [7, 11) is 0. The van der Waals surface area contributed by atoms with Gasteiger partial charge in [0, 0.05) is 24.2 Å². The molecule has 2 unspecified atom stereocenters. The van der Waals surface area contributed by atoms with Crippen LogP contribution in [0.2, 0.25) is 5.02 Å². The molecule has 1 aromatic carbocycles. The smallest absolute Gasteiger partial charge is 0.410 e. The molecule has 1 heterocycles. The third-order valence-electron chi connectivity index (χ3n) is 3.65. The first kappa shape index (κ1) is 16.1. The van der Waals surface area contributed by atoms with Crippen LogP contribution >= 0.6 is 11.6 Å². The van der Waals surface area contributed by atoms with Gasteiger partial charge < -0.3 is 15.4 Å². The molecular weight excluding hydrogens is 288 g/mol. The standard InChI is InChI=1S/C16H23ClN2O2/c1-16(2,3)21-15(20)19-9-8-11(10-19)14(18)12-6-4-5-7-13(12)17/h4-7,11,14H,8-10,18H2,1-3H3. The van der Waals surface area contributed by atoms with Crippen molar-refractivity contribution in [2.24, 2.45) is 11.7 Å². The van der Waals surface area contributed by atoms with Crippen molar-refractivity contribution in [2.45, 2.75) is 38.8 Å². The number of carbonyl (C=O) groups excluding carboxylic acids is 1. The molecule has 1 aromatic rings. The Morgan fingerprint density at radius 1 is 1.43 bits per heavy atom. The summed E-state index contributed by atoms with van der Waals surface area (Å²) in [6.07, 6.45) is 0.599. The maximum atomic E-state index is 12.1. The number of ether oxygens (including phenoxy) is 1. The average Bonchev–Trinajstić information content (AvgIpc) is 2.86. The first-order valence-corrected chi connectivity index (χ1v) is 7.63. The van der Waals surface area contributed by atoms with Gasteiger partial charge in [0.15, 0.2) is 0 Å². The van der Waals surface area contributed by atoms with Crippen molar-refractivity contribution >= 4 is 17.7 Å². The van der Waals surface area contributed by atoms with Crippen molar-refractivity contribution in [3.05, 3.63) is 34.9 Å².